The monoisotopic (exact) mass is 886 g/mol. The van der Waals surface area contributed by atoms with Crippen molar-refractivity contribution >= 4 is 166 Å². The van der Waals surface area contributed by atoms with Crippen molar-refractivity contribution in [2.45, 2.75) is 31.0 Å². The molecule has 3 N–H and O–H groups in total. The smallest absolute Gasteiger partial charge is 0.372 e. The Hall–Kier alpha value is 0.0400. The summed E-state index contributed by atoms with van der Waals surface area (Å²) in [6.07, 6.45) is 0. The van der Waals surface area contributed by atoms with Crippen LogP contribution in [0.4, 0.5) is 0 Å². The van der Waals surface area contributed by atoms with Crippen LogP contribution in [0.3, 0.4) is 0 Å². The lowest BCUT2D eigenvalue weighted by Gasteiger charge is -2.19. The lowest BCUT2D eigenvalue weighted by molar-refractivity contribution is -0.148. The van der Waals surface area contributed by atoms with Gasteiger partial charge in [0.05, 0.1) is 45.2 Å². The van der Waals surface area contributed by atoms with Crippen molar-refractivity contribution in [1.29, 1.82) is 0 Å². The van der Waals surface area contributed by atoms with Crippen LogP contribution in [0.5, 0.6) is 0 Å². The average Bonchev–Trinajstić information content (AvgIpc) is 2.97. The number of carbonyl (C=O) groups excluding carboxylic acids is 3. The third-order valence-electron chi connectivity index (χ3n) is 4.74. The molecule has 0 spiro atoms. The van der Waals surface area contributed by atoms with Gasteiger partial charge in [-0.1, -0.05) is 140 Å². The summed E-state index contributed by atoms with van der Waals surface area (Å²) in [5.74, 6) is -4.45. The largest absolute Gasteiger partial charge is 0.537 e. The van der Waals surface area contributed by atoms with Gasteiger partial charge >= 0.3 is 26.5 Å². The zero-order valence-electron chi connectivity index (χ0n) is 21.6. The molecular formula is C24H12Cl9O9PS3. The van der Waals surface area contributed by atoms with Crippen LogP contribution in [0.2, 0.25) is 45.2 Å². The van der Waals surface area contributed by atoms with Crippen molar-refractivity contribution in [3.63, 3.8) is 0 Å². The van der Waals surface area contributed by atoms with Gasteiger partial charge in [0.15, 0.2) is 0 Å². The van der Waals surface area contributed by atoms with E-state index in [9.17, 15) is 29.7 Å². The first-order valence-electron chi connectivity index (χ1n) is 11.4. The van der Waals surface area contributed by atoms with E-state index in [2.05, 4.69) is 0 Å². The second-order valence-corrected chi connectivity index (χ2v) is 16.0. The van der Waals surface area contributed by atoms with Crippen molar-refractivity contribution < 1.29 is 43.3 Å². The Kier molecular flexibility index (Phi) is 16.1. The number of hydrogen-bond donors (Lipinski definition) is 3. The Bertz CT molecular complexity index is 1470. The van der Waals surface area contributed by atoms with Crippen molar-refractivity contribution in [2.24, 2.45) is 0 Å². The number of aliphatic hydroxyl groups is 3. The average molecular weight is 891 g/mol. The molecule has 9 nitrogen and oxygen atoms in total. The molecule has 0 heterocycles. The van der Waals surface area contributed by atoms with Gasteiger partial charge in [0.1, 0.15) is 0 Å². The summed E-state index contributed by atoms with van der Waals surface area (Å²) < 4.78 is 14.8. The number of hydrogen-bond acceptors (Lipinski definition) is 12. The molecule has 0 saturated heterocycles. The number of halogens is 9. The van der Waals surface area contributed by atoms with Gasteiger partial charge in [-0.05, 0) is 36.4 Å². The molecule has 0 aliphatic heterocycles. The summed E-state index contributed by atoms with van der Waals surface area (Å²) >= 11 is 55.2. The lowest BCUT2D eigenvalue weighted by Crippen LogP contribution is -2.25. The Labute approximate surface area is 319 Å². The van der Waals surface area contributed by atoms with Gasteiger partial charge in [-0.25, -0.2) is 14.4 Å². The van der Waals surface area contributed by atoms with E-state index in [0.717, 1.165) is 0 Å². The molecule has 0 bridgehead atoms. The number of aliphatic hydroxyl groups excluding tert-OH is 3. The SMILES string of the molecule is O=C(OP(OC(=O)C(O)Sc1cc(Cl)c(Cl)cc1Cl)OC(=O)C(O)Sc1cc(Cl)c(Cl)cc1Cl)C(O)Sc1cc(Cl)c(Cl)cc1Cl. The van der Waals surface area contributed by atoms with Crippen molar-refractivity contribution in [3.8, 4) is 0 Å². The maximum Gasteiger partial charge on any atom is 0.537 e. The minimum absolute atomic E-state index is 0.0218. The van der Waals surface area contributed by atoms with Crippen LogP contribution in [-0.4, -0.2) is 49.5 Å². The lowest BCUT2D eigenvalue weighted by atomic mass is 10.4. The Morgan fingerprint density at radius 2 is 0.674 bits per heavy atom. The zero-order valence-corrected chi connectivity index (χ0v) is 31.7. The second kappa shape index (κ2) is 18.3. The molecular weight excluding hydrogens is 879 g/mol. The molecule has 22 heteroatoms. The minimum atomic E-state index is -3.37. The molecule has 3 aromatic rings. The van der Waals surface area contributed by atoms with Crippen molar-refractivity contribution in [2.75, 3.05) is 0 Å². The second-order valence-electron chi connectivity index (χ2n) is 7.96. The van der Waals surface area contributed by atoms with Crippen LogP contribution >= 0.6 is 148 Å². The third-order valence-corrected chi connectivity index (χ3v) is 12.2. The van der Waals surface area contributed by atoms with Gasteiger partial charge in [0.2, 0.25) is 16.3 Å². The van der Waals surface area contributed by atoms with E-state index in [1.807, 2.05) is 0 Å². The maximum atomic E-state index is 12.7. The third kappa shape index (κ3) is 11.6. The maximum absolute atomic E-state index is 12.7. The molecule has 0 aliphatic carbocycles. The highest BCUT2D eigenvalue weighted by molar-refractivity contribution is 8.01. The molecule has 3 rings (SSSR count). The minimum Gasteiger partial charge on any atom is -0.372 e. The fourth-order valence-corrected chi connectivity index (χ4v) is 8.23. The first kappa shape index (κ1) is 40.5. The van der Waals surface area contributed by atoms with Gasteiger partial charge in [-0.15, -0.1) is 0 Å². The van der Waals surface area contributed by atoms with Gasteiger partial charge in [0, 0.05) is 14.7 Å². The summed E-state index contributed by atoms with van der Waals surface area (Å²) in [4.78, 5) is 38.6. The first-order chi connectivity index (χ1) is 21.5. The van der Waals surface area contributed by atoms with Gasteiger partial charge in [-0.3, -0.25) is 0 Å². The number of thioether (sulfide) groups is 3. The molecule has 46 heavy (non-hydrogen) atoms. The summed E-state index contributed by atoms with van der Waals surface area (Å²) in [5, 5.41) is 31.9. The predicted octanol–water partition coefficient (Wildman–Crippen LogP) is 10.1. The van der Waals surface area contributed by atoms with E-state index < -0.39 is 42.8 Å². The van der Waals surface area contributed by atoms with Crippen LogP contribution in [0.15, 0.2) is 51.1 Å². The van der Waals surface area contributed by atoms with Crippen LogP contribution in [-0.2, 0) is 28.0 Å². The van der Waals surface area contributed by atoms with E-state index in [-0.39, 0.29) is 59.9 Å². The zero-order chi connectivity index (χ0) is 34.5. The number of rotatable bonds is 12. The number of benzene rings is 3. The Balaban J connectivity index is 1.78. The van der Waals surface area contributed by atoms with Gasteiger partial charge in [-0.2, -0.15) is 0 Å². The van der Waals surface area contributed by atoms with Crippen molar-refractivity contribution in [3.05, 3.63) is 81.6 Å². The van der Waals surface area contributed by atoms with E-state index in [1.165, 1.54) is 36.4 Å². The molecule has 3 aromatic carbocycles. The Morgan fingerprint density at radius 1 is 0.457 bits per heavy atom. The summed E-state index contributed by atoms with van der Waals surface area (Å²) in [7, 11) is -3.37. The summed E-state index contributed by atoms with van der Waals surface area (Å²) in [5.41, 5.74) is -6.12. The molecule has 0 fully saturated rings. The van der Waals surface area contributed by atoms with Crippen LogP contribution in [0.25, 0.3) is 0 Å². The molecule has 0 aromatic heterocycles. The van der Waals surface area contributed by atoms with E-state index in [0.29, 0.717) is 35.3 Å². The fraction of sp³-hybridized carbons (Fsp3) is 0.125. The van der Waals surface area contributed by atoms with Gasteiger partial charge < -0.3 is 28.9 Å². The highest BCUT2D eigenvalue weighted by Crippen LogP contribution is 2.46. The molecule has 248 valence electrons. The quantitative estimate of drug-likeness (QED) is 0.0690. The predicted molar refractivity (Wildman–Crippen MR) is 185 cm³/mol. The fourth-order valence-electron chi connectivity index (χ4n) is 2.70. The molecule has 0 saturated carbocycles. The topological polar surface area (TPSA) is 140 Å². The van der Waals surface area contributed by atoms with Crippen LogP contribution in [0.1, 0.15) is 0 Å². The summed E-state index contributed by atoms with van der Waals surface area (Å²) in [6.45, 7) is 0. The molecule has 0 amide bonds. The molecule has 3 unspecified atom stereocenters. The van der Waals surface area contributed by atoms with Crippen LogP contribution < -0.4 is 0 Å². The normalized spacial score (nSPS) is 13.8. The molecule has 0 radical (unpaired) electrons. The van der Waals surface area contributed by atoms with Gasteiger partial charge in [0.25, 0.3) is 0 Å². The van der Waals surface area contributed by atoms with Crippen molar-refractivity contribution in [1.82, 2.24) is 0 Å². The highest BCUT2D eigenvalue weighted by Gasteiger charge is 2.36. The van der Waals surface area contributed by atoms with E-state index >= 15 is 0 Å². The van der Waals surface area contributed by atoms with E-state index in [1.54, 1.807) is 0 Å². The number of carbonyl (C=O) groups is 3. The van der Waals surface area contributed by atoms with E-state index in [4.69, 9.17) is 118 Å². The Morgan fingerprint density at radius 3 is 0.913 bits per heavy atom. The molecule has 3 atom stereocenters. The molecule has 0 aliphatic rings. The highest BCUT2D eigenvalue weighted by atomic mass is 35.5. The first-order valence-corrected chi connectivity index (χ1v) is 18.5. The summed E-state index contributed by atoms with van der Waals surface area (Å²) in [6, 6.07) is 7.58. The standard InChI is InChI=1S/C24H12Cl9O9PS3/c25-7-1-13(31)16(4-10(7)28)44-22(37)19(34)40-43(41-20(35)23(38)45-17-5-11(29)8(26)2-14(17)32)42-21(36)24(39)46-18-6-12(30)9(27)3-15(18)33/h1-6,22-24,37-39H. The van der Waals surface area contributed by atoms with Crippen LogP contribution in [0, 0.1) is 0 Å².